The molecule has 1 spiro atoms. The van der Waals surface area contributed by atoms with Crippen molar-refractivity contribution in [2.45, 2.75) is 44.6 Å². The van der Waals surface area contributed by atoms with Gasteiger partial charge in [0.25, 0.3) is 0 Å². The summed E-state index contributed by atoms with van der Waals surface area (Å²) >= 11 is 12.3. The number of nitrogens with zero attached hydrogens (tertiary/aromatic N) is 2. The third kappa shape index (κ3) is 4.75. The molecule has 0 N–H and O–H groups in total. The van der Waals surface area contributed by atoms with E-state index in [-0.39, 0.29) is 11.3 Å². The summed E-state index contributed by atoms with van der Waals surface area (Å²) in [6, 6.07) is 22.8. The predicted molar refractivity (Wildman–Crippen MR) is 141 cm³/mol. The Labute approximate surface area is 212 Å². The van der Waals surface area contributed by atoms with E-state index in [1.54, 1.807) is 0 Å². The zero-order chi connectivity index (χ0) is 23.7. The highest BCUT2D eigenvalue weighted by atomic mass is 35.5. The van der Waals surface area contributed by atoms with Gasteiger partial charge in [-0.2, -0.15) is 0 Å². The van der Waals surface area contributed by atoms with Crippen molar-refractivity contribution in [3.63, 3.8) is 0 Å². The third-order valence-electron chi connectivity index (χ3n) is 7.45. The molecule has 5 rings (SSSR count). The lowest BCUT2D eigenvalue weighted by molar-refractivity contribution is -0.118. The lowest BCUT2D eigenvalue weighted by Gasteiger charge is -2.40. The van der Waals surface area contributed by atoms with Crippen LogP contribution >= 0.6 is 23.2 Å². The van der Waals surface area contributed by atoms with E-state index >= 15 is 0 Å². The SMILES string of the molecule is Cc1ccc2c(c1)C1(CCN(Cc3ccc(Cl)c(Cl)c3)CC1)CN2C(=O)CCc1ccccc1. The second kappa shape index (κ2) is 9.73. The Kier molecular flexibility index (Phi) is 6.70. The number of carbonyl (C=O) groups excluding carboxylic acids is 1. The number of anilines is 1. The number of halogens is 2. The van der Waals surface area contributed by atoms with E-state index in [4.69, 9.17) is 23.2 Å². The number of rotatable bonds is 5. The Morgan fingerprint density at radius 3 is 2.41 bits per heavy atom. The standard InChI is InChI=1S/C29H30Cl2N2O/c1-21-7-11-27-24(17-21)29(20-33(27)28(34)12-9-22-5-3-2-4-6-22)13-15-32(16-14-29)19-23-8-10-25(30)26(31)18-23/h2-8,10-11,17-18H,9,12-16,19-20H2,1H3. The van der Waals surface area contributed by atoms with Gasteiger partial charge in [0.05, 0.1) is 10.0 Å². The number of hydrogen-bond donors (Lipinski definition) is 0. The first kappa shape index (κ1) is 23.4. The van der Waals surface area contributed by atoms with E-state index in [0.29, 0.717) is 16.5 Å². The molecular formula is C29H30Cl2N2O. The molecule has 0 aromatic heterocycles. The minimum absolute atomic E-state index is 0.0396. The zero-order valence-corrected chi connectivity index (χ0v) is 21.1. The summed E-state index contributed by atoms with van der Waals surface area (Å²) in [5.74, 6) is 0.226. The Hall–Kier alpha value is -2.33. The van der Waals surface area contributed by atoms with Crippen LogP contribution in [-0.2, 0) is 23.2 Å². The molecule has 5 heteroatoms. The summed E-state index contributed by atoms with van der Waals surface area (Å²) < 4.78 is 0. The molecule has 1 saturated heterocycles. The Balaban J connectivity index is 1.30. The molecule has 3 nitrogen and oxygen atoms in total. The van der Waals surface area contributed by atoms with E-state index in [2.05, 4.69) is 53.1 Å². The maximum atomic E-state index is 13.3. The van der Waals surface area contributed by atoms with E-state index in [9.17, 15) is 4.79 Å². The van der Waals surface area contributed by atoms with Crippen LogP contribution in [0.1, 0.15) is 41.5 Å². The van der Waals surface area contributed by atoms with Crippen molar-refractivity contribution in [1.29, 1.82) is 0 Å². The molecule has 0 bridgehead atoms. The lowest BCUT2D eigenvalue weighted by atomic mass is 9.74. The van der Waals surface area contributed by atoms with Crippen molar-refractivity contribution < 1.29 is 4.79 Å². The van der Waals surface area contributed by atoms with Gasteiger partial charge in [-0.1, -0.05) is 77.3 Å². The second-order valence-corrected chi connectivity index (χ2v) is 10.6. The summed E-state index contributed by atoms with van der Waals surface area (Å²) in [7, 11) is 0. The first-order chi connectivity index (χ1) is 16.4. The van der Waals surface area contributed by atoms with Gasteiger partial charge in [0.15, 0.2) is 0 Å². The van der Waals surface area contributed by atoms with E-state index in [1.165, 1.54) is 22.3 Å². The number of carbonyl (C=O) groups is 1. The van der Waals surface area contributed by atoms with Gasteiger partial charge < -0.3 is 4.90 Å². The van der Waals surface area contributed by atoms with Crippen molar-refractivity contribution in [2.24, 2.45) is 0 Å². The number of hydrogen-bond acceptors (Lipinski definition) is 2. The molecule has 2 heterocycles. The minimum atomic E-state index is 0.0396. The van der Waals surface area contributed by atoms with Gasteiger partial charge in [0.1, 0.15) is 0 Å². The van der Waals surface area contributed by atoms with Gasteiger partial charge in [-0.15, -0.1) is 0 Å². The van der Waals surface area contributed by atoms with Crippen LogP contribution in [0.15, 0.2) is 66.7 Å². The van der Waals surface area contributed by atoms with Crippen LogP contribution in [0.4, 0.5) is 5.69 Å². The molecule has 3 aromatic rings. The number of likely N-dealkylation sites (tertiary alicyclic amines) is 1. The summed E-state index contributed by atoms with van der Waals surface area (Å²) in [6.45, 7) is 5.81. The number of fused-ring (bicyclic) bond motifs is 2. The van der Waals surface area contributed by atoms with Gasteiger partial charge in [0.2, 0.25) is 5.91 Å². The molecule has 2 aliphatic rings. The summed E-state index contributed by atoms with van der Waals surface area (Å²) in [4.78, 5) is 17.9. The largest absolute Gasteiger partial charge is 0.311 e. The van der Waals surface area contributed by atoms with Crippen molar-refractivity contribution in [1.82, 2.24) is 4.90 Å². The molecule has 0 unspecified atom stereocenters. The smallest absolute Gasteiger partial charge is 0.227 e. The second-order valence-electron chi connectivity index (χ2n) is 9.79. The average Bonchev–Trinajstić information content (AvgIpc) is 3.15. The molecule has 0 radical (unpaired) electrons. The number of amides is 1. The van der Waals surface area contributed by atoms with E-state index in [1.807, 2.05) is 30.3 Å². The molecule has 3 aromatic carbocycles. The monoisotopic (exact) mass is 492 g/mol. The fraction of sp³-hybridized carbons (Fsp3) is 0.345. The van der Waals surface area contributed by atoms with Crippen LogP contribution in [-0.4, -0.2) is 30.4 Å². The van der Waals surface area contributed by atoms with Crippen molar-refractivity contribution in [2.75, 3.05) is 24.5 Å². The molecule has 0 saturated carbocycles. The van der Waals surface area contributed by atoms with Crippen LogP contribution in [0.25, 0.3) is 0 Å². The predicted octanol–water partition coefficient (Wildman–Crippen LogP) is 6.82. The summed E-state index contributed by atoms with van der Waals surface area (Å²) in [5, 5.41) is 1.20. The minimum Gasteiger partial charge on any atom is -0.311 e. The van der Waals surface area contributed by atoms with Gasteiger partial charge in [-0.05, 0) is 74.2 Å². The average molecular weight is 493 g/mol. The maximum absolute atomic E-state index is 13.3. The van der Waals surface area contributed by atoms with Crippen LogP contribution in [0.3, 0.4) is 0 Å². The normalized spacial score (nSPS) is 17.2. The number of piperidine rings is 1. The third-order valence-corrected chi connectivity index (χ3v) is 8.19. The molecule has 0 atom stereocenters. The fourth-order valence-electron chi connectivity index (χ4n) is 5.50. The van der Waals surface area contributed by atoms with E-state index in [0.717, 1.165) is 51.1 Å². The zero-order valence-electron chi connectivity index (χ0n) is 19.6. The van der Waals surface area contributed by atoms with Crippen molar-refractivity contribution in [3.05, 3.63) is 99.0 Å². The van der Waals surface area contributed by atoms with E-state index < -0.39 is 0 Å². The Morgan fingerprint density at radius 1 is 0.912 bits per heavy atom. The highest BCUT2D eigenvalue weighted by Gasteiger charge is 2.46. The van der Waals surface area contributed by atoms with Gasteiger partial charge >= 0.3 is 0 Å². The van der Waals surface area contributed by atoms with Crippen molar-refractivity contribution >= 4 is 34.8 Å². The Morgan fingerprint density at radius 2 is 1.68 bits per heavy atom. The first-order valence-corrected chi connectivity index (χ1v) is 12.8. The highest BCUT2D eigenvalue weighted by Crippen LogP contribution is 2.47. The first-order valence-electron chi connectivity index (χ1n) is 12.1. The van der Waals surface area contributed by atoms with Crippen LogP contribution in [0.5, 0.6) is 0 Å². The molecule has 2 aliphatic heterocycles. The summed E-state index contributed by atoms with van der Waals surface area (Å²) in [6.07, 6.45) is 3.42. The van der Waals surface area contributed by atoms with Crippen LogP contribution in [0.2, 0.25) is 10.0 Å². The molecule has 176 valence electrons. The number of aryl methyl sites for hydroxylation is 2. The summed E-state index contributed by atoms with van der Waals surface area (Å²) in [5.41, 5.74) is 6.17. The van der Waals surface area contributed by atoms with Crippen molar-refractivity contribution in [3.8, 4) is 0 Å². The topological polar surface area (TPSA) is 23.6 Å². The fourth-order valence-corrected chi connectivity index (χ4v) is 5.82. The Bertz CT molecular complexity index is 1190. The molecule has 0 aliphatic carbocycles. The van der Waals surface area contributed by atoms with Crippen LogP contribution < -0.4 is 4.90 Å². The molecule has 34 heavy (non-hydrogen) atoms. The van der Waals surface area contributed by atoms with Crippen LogP contribution in [0, 0.1) is 6.92 Å². The number of benzene rings is 3. The van der Waals surface area contributed by atoms with Gasteiger partial charge in [-0.3, -0.25) is 9.69 Å². The lowest BCUT2D eigenvalue weighted by Crippen LogP contribution is -2.45. The molecular weight excluding hydrogens is 463 g/mol. The van der Waals surface area contributed by atoms with Gasteiger partial charge in [-0.25, -0.2) is 0 Å². The maximum Gasteiger partial charge on any atom is 0.227 e. The highest BCUT2D eigenvalue weighted by molar-refractivity contribution is 6.42. The molecule has 1 fully saturated rings. The van der Waals surface area contributed by atoms with Gasteiger partial charge in [0, 0.05) is 30.6 Å². The quantitative estimate of drug-likeness (QED) is 0.390. The molecule has 1 amide bonds.